The van der Waals surface area contributed by atoms with Crippen LogP contribution in [0.4, 0.5) is 0 Å². The Labute approximate surface area is 166 Å². The molecule has 0 aromatic heterocycles. The van der Waals surface area contributed by atoms with Crippen LogP contribution in [-0.2, 0) is 11.3 Å². The van der Waals surface area contributed by atoms with E-state index in [1.54, 1.807) is 7.11 Å². The molecule has 3 heteroatoms. The van der Waals surface area contributed by atoms with Gasteiger partial charge in [-0.3, -0.25) is 0 Å². The van der Waals surface area contributed by atoms with Gasteiger partial charge < -0.3 is 14.6 Å². The Morgan fingerprint density at radius 3 is 2.00 bits per heavy atom. The van der Waals surface area contributed by atoms with Crippen LogP contribution < -0.4 is 4.74 Å². The van der Waals surface area contributed by atoms with Crippen molar-refractivity contribution >= 4 is 0 Å². The van der Waals surface area contributed by atoms with Crippen LogP contribution in [0.2, 0.25) is 0 Å². The fraction of sp³-hybridized carbons (Fsp3) is 0.667. The molecule has 1 unspecified atom stereocenters. The highest BCUT2D eigenvalue weighted by Gasteiger charge is 2.04. The third-order valence-electron chi connectivity index (χ3n) is 4.85. The van der Waals surface area contributed by atoms with E-state index in [1.165, 1.54) is 57.8 Å². The molecule has 0 radical (unpaired) electrons. The lowest BCUT2D eigenvalue weighted by atomic mass is 10.0. The Hall–Kier alpha value is -1.50. The van der Waals surface area contributed by atoms with Crippen LogP contribution in [0.25, 0.3) is 0 Å². The first kappa shape index (κ1) is 23.5. The van der Waals surface area contributed by atoms with Crippen LogP contribution in [0.5, 0.6) is 5.75 Å². The maximum absolute atomic E-state index is 10.0. The summed E-state index contributed by atoms with van der Waals surface area (Å²) in [6.45, 7) is 0.940. The zero-order valence-corrected chi connectivity index (χ0v) is 17.1. The molecule has 0 aliphatic carbocycles. The summed E-state index contributed by atoms with van der Waals surface area (Å²) in [5.41, 5.74) is 1.10. The summed E-state index contributed by atoms with van der Waals surface area (Å²) in [5.74, 6) is 3.55. The standard InChI is InChI=1S/C24H38O3/c1-3-4-5-6-7-8-9-10-11-12-13-14-15-23(25)21-27-20-22-16-18-24(26-2)19-17-22/h1,16-19,23,25H,4-15,20-21H2,2H3. The van der Waals surface area contributed by atoms with Gasteiger partial charge in [-0.05, 0) is 30.5 Å². The first-order valence-electron chi connectivity index (χ1n) is 10.6. The summed E-state index contributed by atoms with van der Waals surface area (Å²) in [6.07, 6.45) is 19.3. The topological polar surface area (TPSA) is 38.7 Å². The van der Waals surface area contributed by atoms with Gasteiger partial charge in [-0.2, -0.15) is 0 Å². The molecule has 0 spiro atoms. The Kier molecular flexibility index (Phi) is 14.5. The van der Waals surface area contributed by atoms with E-state index < -0.39 is 0 Å². The van der Waals surface area contributed by atoms with E-state index in [1.807, 2.05) is 24.3 Å². The normalized spacial score (nSPS) is 11.9. The SMILES string of the molecule is C#CCCCCCCCCCCCCC(O)COCc1ccc(OC)cc1. The minimum Gasteiger partial charge on any atom is -0.497 e. The Bertz CT molecular complexity index is 489. The molecule has 152 valence electrons. The van der Waals surface area contributed by atoms with Crippen molar-refractivity contribution in [2.75, 3.05) is 13.7 Å². The fourth-order valence-corrected chi connectivity index (χ4v) is 3.14. The zero-order chi connectivity index (χ0) is 19.6. The quantitative estimate of drug-likeness (QED) is 0.273. The molecule has 0 bridgehead atoms. The van der Waals surface area contributed by atoms with Gasteiger partial charge >= 0.3 is 0 Å². The number of aliphatic hydroxyl groups excluding tert-OH is 1. The van der Waals surface area contributed by atoms with Gasteiger partial charge in [-0.1, -0.05) is 69.9 Å². The van der Waals surface area contributed by atoms with Crippen LogP contribution in [0.3, 0.4) is 0 Å². The molecule has 0 amide bonds. The van der Waals surface area contributed by atoms with Crippen LogP contribution >= 0.6 is 0 Å². The van der Waals surface area contributed by atoms with Crippen molar-refractivity contribution in [1.29, 1.82) is 0 Å². The summed E-state index contributed by atoms with van der Waals surface area (Å²) in [6, 6.07) is 7.83. The average molecular weight is 375 g/mol. The Morgan fingerprint density at radius 1 is 0.889 bits per heavy atom. The van der Waals surface area contributed by atoms with Crippen LogP contribution in [0.1, 0.15) is 82.6 Å². The molecule has 1 N–H and O–H groups in total. The summed E-state index contributed by atoms with van der Waals surface area (Å²) in [7, 11) is 1.66. The molecule has 0 aliphatic rings. The zero-order valence-electron chi connectivity index (χ0n) is 17.1. The lowest BCUT2D eigenvalue weighted by molar-refractivity contribution is 0.0233. The van der Waals surface area contributed by atoms with Gasteiger partial charge in [0.25, 0.3) is 0 Å². The molecular weight excluding hydrogens is 336 g/mol. The fourth-order valence-electron chi connectivity index (χ4n) is 3.14. The van der Waals surface area contributed by atoms with Gasteiger partial charge in [0.15, 0.2) is 0 Å². The van der Waals surface area contributed by atoms with E-state index in [9.17, 15) is 5.11 Å². The van der Waals surface area contributed by atoms with E-state index in [0.29, 0.717) is 13.2 Å². The summed E-state index contributed by atoms with van der Waals surface area (Å²) < 4.78 is 10.7. The number of rotatable bonds is 17. The van der Waals surface area contributed by atoms with Crippen molar-refractivity contribution in [3.05, 3.63) is 29.8 Å². The van der Waals surface area contributed by atoms with E-state index >= 15 is 0 Å². The molecule has 3 nitrogen and oxygen atoms in total. The van der Waals surface area contributed by atoms with E-state index in [-0.39, 0.29) is 6.10 Å². The molecule has 0 aliphatic heterocycles. The van der Waals surface area contributed by atoms with Crippen molar-refractivity contribution in [3.8, 4) is 18.1 Å². The van der Waals surface area contributed by atoms with E-state index in [2.05, 4.69) is 5.92 Å². The number of terminal acetylenes is 1. The predicted octanol–water partition coefficient (Wildman–Crippen LogP) is 5.89. The monoisotopic (exact) mass is 374 g/mol. The van der Waals surface area contributed by atoms with Crippen LogP contribution in [-0.4, -0.2) is 24.9 Å². The van der Waals surface area contributed by atoms with Gasteiger partial charge in [0.1, 0.15) is 5.75 Å². The maximum Gasteiger partial charge on any atom is 0.118 e. The van der Waals surface area contributed by atoms with Gasteiger partial charge in [-0.15, -0.1) is 12.3 Å². The lowest BCUT2D eigenvalue weighted by Crippen LogP contribution is -2.15. The van der Waals surface area contributed by atoms with Crippen LogP contribution in [0, 0.1) is 12.3 Å². The van der Waals surface area contributed by atoms with Gasteiger partial charge in [0, 0.05) is 6.42 Å². The third kappa shape index (κ3) is 13.3. The van der Waals surface area contributed by atoms with Gasteiger partial charge in [-0.25, -0.2) is 0 Å². The second-order valence-corrected chi connectivity index (χ2v) is 7.30. The minimum atomic E-state index is -0.355. The highest BCUT2D eigenvalue weighted by Crippen LogP contribution is 2.14. The number of methoxy groups -OCH3 is 1. The molecule has 0 heterocycles. The number of ether oxygens (including phenoxy) is 2. The lowest BCUT2D eigenvalue weighted by Gasteiger charge is -2.11. The molecule has 0 saturated carbocycles. The maximum atomic E-state index is 10.0. The number of hydrogen-bond donors (Lipinski definition) is 1. The van der Waals surface area contributed by atoms with E-state index in [4.69, 9.17) is 15.9 Å². The molecular formula is C24H38O3. The highest BCUT2D eigenvalue weighted by molar-refractivity contribution is 5.26. The summed E-state index contributed by atoms with van der Waals surface area (Å²) in [5, 5.41) is 10.0. The van der Waals surface area contributed by atoms with Gasteiger partial charge in [0.05, 0.1) is 26.4 Å². The smallest absolute Gasteiger partial charge is 0.118 e. The molecule has 1 aromatic rings. The van der Waals surface area contributed by atoms with Crippen molar-refractivity contribution < 1.29 is 14.6 Å². The van der Waals surface area contributed by atoms with Crippen molar-refractivity contribution in [2.45, 2.75) is 89.8 Å². The summed E-state index contributed by atoms with van der Waals surface area (Å²) in [4.78, 5) is 0. The molecule has 0 fully saturated rings. The highest BCUT2D eigenvalue weighted by atomic mass is 16.5. The number of unbranched alkanes of at least 4 members (excludes halogenated alkanes) is 10. The van der Waals surface area contributed by atoms with Crippen molar-refractivity contribution in [3.63, 3.8) is 0 Å². The molecule has 0 saturated heterocycles. The molecule has 1 aromatic carbocycles. The first-order chi connectivity index (χ1) is 13.3. The molecule has 1 atom stereocenters. The van der Waals surface area contributed by atoms with Crippen molar-refractivity contribution in [2.24, 2.45) is 0 Å². The largest absolute Gasteiger partial charge is 0.497 e. The predicted molar refractivity (Wildman–Crippen MR) is 113 cm³/mol. The van der Waals surface area contributed by atoms with Gasteiger partial charge in [0.2, 0.25) is 0 Å². The first-order valence-corrected chi connectivity index (χ1v) is 10.6. The molecule has 1 rings (SSSR count). The Morgan fingerprint density at radius 2 is 1.44 bits per heavy atom. The summed E-state index contributed by atoms with van der Waals surface area (Å²) >= 11 is 0. The van der Waals surface area contributed by atoms with Crippen LogP contribution in [0.15, 0.2) is 24.3 Å². The second-order valence-electron chi connectivity index (χ2n) is 7.30. The van der Waals surface area contributed by atoms with Crippen molar-refractivity contribution in [1.82, 2.24) is 0 Å². The average Bonchev–Trinajstić information content (AvgIpc) is 2.69. The number of aliphatic hydroxyl groups is 1. The third-order valence-corrected chi connectivity index (χ3v) is 4.85. The number of benzene rings is 1. The molecule has 27 heavy (non-hydrogen) atoms. The number of hydrogen-bond acceptors (Lipinski definition) is 3. The second kappa shape index (κ2) is 16.7. The van der Waals surface area contributed by atoms with E-state index in [0.717, 1.165) is 30.6 Å². The Balaban J connectivity index is 1.87. The minimum absolute atomic E-state index is 0.355.